The number of rotatable bonds is 0. The van der Waals surface area contributed by atoms with Gasteiger partial charge in [-0.3, -0.25) is 0 Å². The second kappa shape index (κ2) is 2.88. The molecule has 2 atom stereocenters. The molecule has 0 aromatic heterocycles. The zero-order valence-corrected chi connectivity index (χ0v) is 6.92. The van der Waals surface area contributed by atoms with E-state index < -0.39 is 0 Å². The fourth-order valence-electron chi connectivity index (χ4n) is 2.50. The number of fused-ring (bicyclic) bond motifs is 1. The summed E-state index contributed by atoms with van der Waals surface area (Å²) in [4.78, 5) is 0. The van der Waals surface area contributed by atoms with Gasteiger partial charge in [-0.25, -0.2) is 0 Å². The van der Waals surface area contributed by atoms with Gasteiger partial charge in [0.15, 0.2) is 0 Å². The first kappa shape index (κ1) is 7.20. The molecule has 2 unspecified atom stereocenters. The maximum atomic E-state index is 9.31. The van der Waals surface area contributed by atoms with Crippen LogP contribution in [0.15, 0.2) is 11.8 Å². The van der Waals surface area contributed by atoms with E-state index in [-0.39, 0.29) is 0 Å². The van der Waals surface area contributed by atoms with E-state index in [9.17, 15) is 5.11 Å². The average Bonchev–Trinajstić information content (AvgIpc) is 2.04. The van der Waals surface area contributed by atoms with Gasteiger partial charge in [-0.05, 0) is 37.2 Å². The quantitative estimate of drug-likeness (QED) is 0.565. The molecule has 1 nitrogen and oxygen atoms in total. The maximum Gasteiger partial charge on any atom is 0.0885 e. The molecule has 0 spiro atoms. The van der Waals surface area contributed by atoms with Crippen molar-refractivity contribution in [3.8, 4) is 0 Å². The third-order valence-electron chi connectivity index (χ3n) is 3.19. The van der Waals surface area contributed by atoms with E-state index >= 15 is 0 Å². The highest BCUT2D eigenvalue weighted by Gasteiger charge is 2.27. The largest absolute Gasteiger partial charge is 0.513 e. The Labute approximate surface area is 68.1 Å². The lowest BCUT2D eigenvalue weighted by Gasteiger charge is -2.33. The van der Waals surface area contributed by atoms with Crippen LogP contribution < -0.4 is 0 Å². The van der Waals surface area contributed by atoms with E-state index in [1.165, 1.54) is 25.7 Å². The van der Waals surface area contributed by atoms with E-state index in [1.54, 1.807) is 0 Å². The minimum atomic E-state index is 0.646. The molecule has 0 radical (unpaired) electrons. The predicted molar refractivity (Wildman–Crippen MR) is 45.4 cm³/mol. The van der Waals surface area contributed by atoms with E-state index in [1.807, 2.05) is 6.08 Å². The second-order valence-corrected chi connectivity index (χ2v) is 3.94. The van der Waals surface area contributed by atoms with Crippen LogP contribution in [0.1, 0.15) is 38.5 Å². The van der Waals surface area contributed by atoms with E-state index in [0.29, 0.717) is 5.76 Å². The summed E-state index contributed by atoms with van der Waals surface area (Å²) < 4.78 is 0. The van der Waals surface area contributed by atoms with Crippen molar-refractivity contribution in [2.24, 2.45) is 11.8 Å². The summed E-state index contributed by atoms with van der Waals surface area (Å²) in [6, 6.07) is 0. The number of aliphatic hydroxyl groups is 1. The Kier molecular flexibility index (Phi) is 1.89. The predicted octanol–water partition coefficient (Wildman–Crippen LogP) is 3.03. The molecule has 0 heterocycles. The van der Waals surface area contributed by atoms with Crippen molar-refractivity contribution in [1.29, 1.82) is 0 Å². The normalized spacial score (nSPS) is 37.6. The van der Waals surface area contributed by atoms with Gasteiger partial charge in [0.2, 0.25) is 0 Å². The standard InChI is InChI=1S/C10H16O/c11-10-6-5-8-3-1-2-4-9(8)7-10/h6,8-9,11H,1-5,7H2. The van der Waals surface area contributed by atoms with Crippen molar-refractivity contribution < 1.29 is 5.11 Å². The van der Waals surface area contributed by atoms with Gasteiger partial charge in [-0.2, -0.15) is 0 Å². The first-order chi connectivity index (χ1) is 5.36. The zero-order chi connectivity index (χ0) is 7.68. The van der Waals surface area contributed by atoms with Crippen molar-refractivity contribution in [1.82, 2.24) is 0 Å². The van der Waals surface area contributed by atoms with Crippen molar-refractivity contribution in [2.75, 3.05) is 0 Å². The van der Waals surface area contributed by atoms with Crippen LogP contribution >= 0.6 is 0 Å². The number of aliphatic hydroxyl groups excluding tert-OH is 1. The fourth-order valence-corrected chi connectivity index (χ4v) is 2.50. The van der Waals surface area contributed by atoms with Crippen LogP contribution in [-0.2, 0) is 0 Å². The summed E-state index contributed by atoms with van der Waals surface area (Å²) in [6.45, 7) is 0. The summed E-state index contributed by atoms with van der Waals surface area (Å²) in [5.41, 5.74) is 0. The third kappa shape index (κ3) is 1.42. The molecule has 2 aliphatic carbocycles. The van der Waals surface area contributed by atoms with Crippen molar-refractivity contribution in [2.45, 2.75) is 38.5 Å². The highest BCUT2D eigenvalue weighted by Crippen LogP contribution is 2.39. The van der Waals surface area contributed by atoms with Gasteiger partial charge in [0.1, 0.15) is 0 Å². The first-order valence-electron chi connectivity index (χ1n) is 4.74. The molecule has 1 heteroatoms. The Balaban J connectivity index is 2.04. The van der Waals surface area contributed by atoms with Gasteiger partial charge < -0.3 is 5.11 Å². The Morgan fingerprint density at radius 1 is 1.18 bits per heavy atom. The lowest BCUT2D eigenvalue weighted by Crippen LogP contribution is -2.22. The van der Waals surface area contributed by atoms with Crippen molar-refractivity contribution in [3.05, 3.63) is 11.8 Å². The molecule has 11 heavy (non-hydrogen) atoms. The van der Waals surface area contributed by atoms with Gasteiger partial charge in [0, 0.05) is 6.42 Å². The Bertz CT molecular complexity index is 172. The van der Waals surface area contributed by atoms with Crippen LogP contribution in [0.2, 0.25) is 0 Å². The van der Waals surface area contributed by atoms with Gasteiger partial charge in [0.25, 0.3) is 0 Å². The van der Waals surface area contributed by atoms with Crippen LogP contribution in [0.5, 0.6) is 0 Å². The zero-order valence-electron chi connectivity index (χ0n) is 6.92. The lowest BCUT2D eigenvalue weighted by atomic mass is 9.73. The van der Waals surface area contributed by atoms with Gasteiger partial charge in [-0.1, -0.05) is 12.8 Å². The summed E-state index contributed by atoms with van der Waals surface area (Å²) in [6.07, 6.45) is 9.66. The summed E-state index contributed by atoms with van der Waals surface area (Å²) in [7, 11) is 0. The van der Waals surface area contributed by atoms with E-state index in [0.717, 1.165) is 24.7 Å². The molecule has 0 aromatic rings. The van der Waals surface area contributed by atoms with Crippen LogP contribution in [0, 0.1) is 11.8 Å². The SMILES string of the molecule is OC1=CCC2CCCCC2C1. The van der Waals surface area contributed by atoms with Crippen molar-refractivity contribution in [3.63, 3.8) is 0 Å². The Morgan fingerprint density at radius 3 is 2.73 bits per heavy atom. The number of hydrogen-bond donors (Lipinski definition) is 1. The topological polar surface area (TPSA) is 20.2 Å². The molecule has 0 saturated heterocycles. The molecule has 2 aliphatic rings. The molecular formula is C10H16O. The minimum absolute atomic E-state index is 0.646. The fraction of sp³-hybridized carbons (Fsp3) is 0.800. The van der Waals surface area contributed by atoms with Gasteiger partial charge in [0.05, 0.1) is 5.76 Å². The lowest BCUT2D eigenvalue weighted by molar-refractivity contribution is 0.194. The molecule has 0 aromatic carbocycles. The van der Waals surface area contributed by atoms with Crippen LogP contribution in [0.4, 0.5) is 0 Å². The monoisotopic (exact) mass is 152 g/mol. The average molecular weight is 152 g/mol. The molecule has 1 saturated carbocycles. The molecule has 0 amide bonds. The molecule has 1 N–H and O–H groups in total. The number of hydrogen-bond acceptors (Lipinski definition) is 1. The first-order valence-corrected chi connectivity index (χ1v) is 4.74. The summed E-state index contributed by atoms with van der Waals surface area (Å²) in [5, 5.41) is 9.31. The Hall–Kier alpha value is -0.460. The maximum absolute atomic E-state index is 9.31. The van der Waals surface area contributed by atoms with Crippen LogP contribution in [0.3, 0.4) is 0 Å². The van der Waals surface area contributed by atoms with Crippen LogP contribution in [0.25, 0.3) is 0 Å². The highest BCUT2D eigenvalue weighted by molar-refractivity contribution is 5.01. The second-order valence-electron chi connectivity index (χ2n) is 3.94. The molecule has 1 fully saturated rings. The number of allylic oxidation sites excluding steroid dienone is 2. The van der Waals surface area contributed by atoms with Crippen molar-refractivity contribution >= 4 is 0 Å². The smallest absolute Gasteiger partial charge is 0.0885 e. The summed E-state index contributed by atoms with van der Waals surface area (Å²) >= 11 is 0. The van der Waals surface area contributed by atoms with E-state index in [4.69, 9.17) is 0 Å². The third-order valence-corrected chi connectivity index (χ3v) is 3.19. The highest BCUT2D eigenvalue weighted by atomic mass is 16.3. The molecular weight excluding hydrogens is 136 g/mol. The Morgan fingerprint density at radius 2 is 1.91 bits per heavy atom. The molecule has 0 bridgehead atoms. The summed E-state index contributed by atoms with van der Waals surface area (Å²) in [5.74, 6) is 2.36. The minimum Gasteiger partial charge on any atom is -0.513 e. The van der Waals surface area contributed by atoms with Gasteiger partial charge >= 0.3 is 0 Å². The molecule has 0 aliphatic heterocycles. The molecule has 62 valence electrons. The van der Waals surface area contributed by atoms with E-state index in [2.05, 4.69) is 0 Å². The van der Waals surface area contributed by atoms with Crippen LogP contribution in [-0.4, -0.2) is 5.11 Å². The van der Waals surface area contributed by atoms with Gasteiger partial charge in [-0.15, -0.1) is 0 Å². The molecule has 2 rings (SSSR count).